The van der Waals surface area contributed by atoms with Crippen LogP contribution in [-0.2, 0) is 14.6 Å². The van der Waals surface area contributed by atoms with Crippen molar-refractivity contribution in [3.8, 4) is 10.6 Å². The van der Waals surface area contributed by atoms with Gasteiger partial charge in [0.1, 0.15) is 9.75 Å². The number of aromatic nitrogens is 2. The number of hydrogen-bond acceptors (Lipinski definition) is 8. The molecule has 2 fully saturated rings. The van der Waals surface area contributed by atoms with E-state index < -0.39 is 21.4 Å². The standard InChI is InChI=1S/C21H27N5O4S2/c1-21(2)18(27)26(20(28)25-21)13-12-23-19-22-11-10-15(24-19)16-8-9-17(31-16)32(29,30)14-6-4-3-5-7-14/h8-11,14H,3-7,12-13H2,1-2H3,(H,25,28)(H,22,23,24). The summed E-state index contributed by atoms with van der Waals surface area (Å²) in [5.41, 5.74) is -0.281. The number of sulfone groups is 1. The van der Waals surface area contributed by atoms with Gasteiger partial charge in [-0.05, 0) is 44.9 Å². The Morgan fingerprint density at radius 2 is 1.94 bits per heavy atom. The van der Waals surface area contributed by atoms with Crippen molar-refractivity contribution in [2.45, 2.75) is 60.9 Å². The van der Waals surface area contributed by atoms with Gasteiger partial charge < -0.3 is 10.6 Å². The first kappa shape index (κ1) is 22.7. The van der Waals surface area contributed by atoms with E-state index in [1.165, 1.54) is 16.2 Å². The number of amides is 3. The molecule has 0 spiro atoms. The largest absolute Gasteiger partial charge is 0.352 e. The van der Waals surface area contributed by atoms with E-state index in [1.807, 2.05) is 0 Å². The number of nitrogens with zero attached hydrogens (tertiary/aromatic N) is 3. The van der Waals surface area contributed by atoms with E-state index >= 15 is 0 Å². The highest BCUT2D eigenvalue weighted by Crippen LogP contribution is 2.35. The minimum absolute atomic E-state index is 0.185. The lowest BCUT2D eigenvalue weighted by Gasteiger charge is -2.20. The lowest BCUT2D eigenvalue weighted by molar-refractivity contribution is -0.130. The van der Waals surface area contributed by atoms with Gasteiger partial charge >= 0.3 is 6.03 Å². The zero-order chi connectivity index (χ0) is 22.9. The van der Waals surface area contributed by atoms with E-state index in [4.69, 9.17) is 0 Å². The summed E-state index contributed by atoms with van der Waals surface area (Å²) < 4.78 is 26.3. The molecule has 11 heteroatoms. The van der Waals surface area contributed by atoms with Crippen molar-refractivity contribution in [3.63, 3.8) is 0 Å². The molecule has 1 saturated heterocycles. The van der Waals surface area contributed by atoms with Gasteiger partial charge in [0.25, 0.3) is 5.91 Å². The van der Waals surface area contributed by atoms with Crippen molar-refractivity contribution in [1.82, 2.24) is 20.2 Å². The Kier molecular flexibility index (Phi) is 6.22. The average molecular weight is 478 g/mol. The molecular formula is C21H27N5O4S2. The number of carbonyl (C=O) groups is 2. The third-order valence-electron chi connectivity index (χ3n) is 5.82. The van der Waals surface area contributed by atoms with Gasteiger partial charge in [-0.1, -0.05) is 19.3 Å². The van der Waals surface area contributed by atoms with Crippen LogP contribution < -0.4 is 10.6 Å². The summed E-state index contributed by atoms with van der Waals surface area (Å²) in [7, 11) is -3.32. The third kappa shape index (κ3) is 4.49. The maximum atomic E-state index is 13.0. The van der Waals surface area contributed by atoms with E-state index in [0.717, 1.165) is 37.0 Å². The van der Waals surface area contributed by atoms with E-state index in [0.29, 0.717) is 22.4 Å². The van der Waals surface area contributed by atoms with Crippen molar-refractivity contribution >= 4 is 39.1 Å². The highest BCUT2D eigenvalue weighted by Gasteiger charge is 2.43. The van der Waals surface area contributed by atoms with Gasteiger partial charge in [-0.2, -0.15) is 0 Å². The number of anilines is 1. The Labute approximate surface area is 191 Å². The molecule has 32 heavy (non-hydrogen) atoms. The van der Waals surface area contributed by atoms with Crippen molar-refractivity contribution in [1.29, 1.82) is 0 Å². The predicted molar refractivity (Wildman–Crippen MR) is 122 cm³/mol. The van der Waals surface area contributed by atoms with Crippen molar-refractivity contribution in [2.24, 2.45) is 0 Å². The molecule has 1 aliphatic carbocycles. The third-order valence-corrected chi connectivity index (χ3v) is 9.72. The summed E-state index contributed by atoms with van der Waals surface area (Å²) in [5, 5.41) is 5.38. The van der Waals surface area contributed by atoms with Crippen molar-refractivity contribution < 1.29 is 18.0 Å². The van der Waals surface area contributed by atoms with Crippen LogP contribution in [-0.4, -0.2) is 59.1 Å². The van der Waals surface area contributed by atoms with Crippen LogP contribution in [0.5, 0.6) is 0 Å². The first-order chi connectivity index (χ1) is 15.2. The number of hydrogen-bond donors (Lipinski definition) is 2. The highest BCUT2D eigenvalue weighted by molar-refractivity contribution is 7.94. The molecule has 2 aromatic rings. The van der Waals surface area contributed by atoms with Gasteiger partial charge in [0.15, 0.2) is 9.84 Å². The molecule has 0 atom stereocenters. The molecule has 4 rings (SSSR count). The van der Waals surface area contributed by atoms with Crippen LogP contribution in [0.3, 0.4) is 0 Å². The molecule has 2 N–H and O–H groups in total. The van der Waals surface area contributed by atoms with Crippen LogP contribution in [0.1, 0.15) is 46.0 Å². The Hall–Kier alpha value is -2.53. The fourth-order valence-electron chi connectivity index (χ4n) is 4.03. The van der Waals surface area contributed by atoms with Crippen LogP contribution in [0, 0.1) is 0 Å². The van der Waals surface area contributed by atoms with Crippen molar-refractivity contribution in [2.75, 3.05) is 18.4 Å². The number of nitrogens with one attached hydrogen (secondary N) is 2. The zero-order valence-electron chi connectivity index (χ0n) is 18.1. The van der Waals surface area contributed by atoms with Crippen LogP contribution in [0.15, 0.2) is 28.6 Å². The van der Waals surface area contributed by atoms with E-state index in [-0.39, 0.29) is 17.7 Å². The minimum Gasteiger partial charge on any atom is -0.352 e. The average Bonchev–Trinajstić information content (AvgIpc) is 3.34. The molecule has 1 aliphatic heterocycles. The predicted octanol–water partition coefficient (Wildman–Crippen LogP) is 3.05. The minimum atomic E-state index is -3.32. The summed E-state index contributed by atoms with van der Waals surface area (Å²) >= 11 is 1.23. The SMILES string of the molecule is CC1(C)NC(=O)N(CCNc2nccc(-c3ccc(S(=O)(=O)C4CCCCC4)s3)n2)C1=O. The molecule has 2 aromatic heterocycles. The molecule has 172 valence electrons. The summed E-state index contributed by atoms with van der Waals surface area (Å²) in [6.45, 7) is 3.81. The Morgan fingerprint density at radius 1 is 1.19 bits per heavy atom. The molecular weight excluding hydrogens is 450 g/mol. The quantitative estimate of drug-likeness (QED) is 0.588. The number of thiophene rings is 1. The lowest BCUT2D eigenvalue weighted by atomic mass is 10.0. The van der Waals surface area contributed by atoms with E-state index in [9.17, 15) is 18.0 Å². The molecule has 0 unspecified atom stereocenters. The van der Waals surface area contributed by atoms with Gasteiger partial charge in [0.2, 0.25) is 5.95 Å². The molecule has 1 saturated carbocycles. The van der Waals surface area contributed by atoms with Gasteiger partial charge in [0, 0.05) is 19.3 Å². The fourth-order valence-corrected chi connectivity index (χ4v) is 7.42. The Balaban J connectivity index is 1.41. The summed E-state index contributed by atoms with van der Waals surface area (Å²) in [4.78, 5) is 34.8. The Morgan fingerprint density at radius 3 is 2.62 bits per heavy atom. The first-order valence-corrected chi connectivity index (χ1v) is 13.1. The normalized spacial score (nSPS) is 19.2. The summed E-state index contributed by atoms with van der Waals surface area (Å²) in [5.74, 6) is 0.0724. The van der Waals surface area contributed by atoms with Gasteiger partial charge in [-0.15, -0.1) is 11.3 Å². The second-order valence-electron chi connectivity index (χ2n) is 8.63. The fraction of sp³-hybridized carbons (Fsp3) is 0.524. The van der Waals surface area contributed by atoms with Gasteiger partial charge in [0.05, 0.1) is 15.8 Å². The molecule has 2 aliphatic rings. The van der Waals surface area contributed by atoms with Gasteiger partial charge in [-0.25, -0.2) is 23.2 Å². The van der Waals surface area contributed by atoms with Gasteiger partial charge in [-0.3, -0.25) is 9.69 Å². The Bertz CT molecular complexity index is 1120. The molecule has 0 radical (unpaired) electrons. The smallest absolute Gasteiger partial charge is 0.325 e. The topological polar surface area (TPSA) is 121 Å². The number of imide groups is 1. The second kappa shape index (κ2) is 8.78. The lowest BCUT2D eigenvalue weighted by Crippen LogP contribution is -2.40. The molecule has 3 heterocycles. The molecule has 0 aromatic carbocycles. The molecule has 9 nitrogen and oxygen atoms in total. The number of rotatable bonds is 7. The van der Waals surface area contributed by atoms with Crippen LogP contribution >= 0.6 is 11.3 Å². The van der Waals surface area contributed by atoms with E-state index in [1.54, 1.807) is 38.2 Å². The van der Waals surface area contributed by atoms with Crippen LogP contribution in [0.4, 0.5) is 10.7 Å². The second-order valence-corrected chi connectivity index (χ2v) is 12.2. The highest BCUT2D eigenvalue weighted by atomic mass is 32.2. The summed E-state index contributed by atoms with van der Waals surface area (Å²) in [6, 6.07) is 4.76. The molecule has 3 amide bonds. The maximum absolute atomic E-state index is 13.0. The van der Waals surface area contributed by atoms with Crippen molar-refractivity contribution in [3.05, 3.63) is 24.4 Å². The summed E-state index contributed by atoms with van der Waals surface area (Å²) in [6.07, 6.45) is 6.08. The monoisotopic (exact) mass is 477 g/mol. The molecule has 0 bridgehead atoms. The van der Waals surface area contributed by atoms with Crippen LogP contribution in [0.25, 0.3) is 10.6 Å². The van der Waals surface area contributed by atoms with Crippen LogP contribution in [0.2, 0.25) is 0 Å². The number of urea groups is 1. The first-order valence-electron chi connectivity index (χ1n) is 10.7. The maximum Gasteiger partial charge on any atom is 0.325 e. The number of carbonyl (C=O) groups excluding carboxylic acids is 2. The zero-order valence-corrected chi connectivity index (χ0v) is 19.8. The van der Waals surface area contributed by atoms with E-state index in [2.05, 4.69) is 20.6 Å².